The summed E-state index contributed by atoms with van der Waals surface area (Å²) in [4.78, 5) is 0. The van der Waals surface area contributed by atoms with Gasteiger partial charge in [0.2, 0.25) is 0 Å². The number of rotatable bonds is 4. The number of benzene rings is 1. The Morgan fingerprint density at radius 3 is 2.67 bits per heavy atom. The van der Waals surface area contributed by atoms with Crippen molar-refractivity contribution in [3.05, 3.63) is 35.6 Å². The zero-order chi connectivity index (χ0) is 13.0. The van der Waals surface area contributed by atoms with Gasteiger partial charge < -0.3 is 5.11 Å². The summed E-state index contributed by atoms with van der Waals surface area (Å²) in [6.07, 6.45) is 6.81. The molecule has 1 aliphatic carbocycles. The summed E-state index contributed by atoms with van der Waals surface area (Å²) in [5, 5.41) is 10.4. The van der Waals surface area contributed by atoms with Gasteiger partial charge in [0, 0.05) is 0 Å². The van der Waals surface area contributed by atoms with E-state index >= 15 is 0 Å². The molecule has 1 N–H and O–H groups in total. The molecule has 1 fully saturated rings. The lowest BCUT2D eigenvalue weighted by molar-refractivity contribution is 0.0667. The SMILES string of the molecule is CCCC1CCCC(C(O)c2ccc(F)cc2)C1. The molecule has 1 aromatic rings. The maximum atomic E-state index is 12.9. The second-order valence-corrected chi connectivity index (χ2v) is 5.58. The second-order valence-electron chi connectivity index (χ2n) is 5.58. The van der Waals surface area contributed by atoms with E-state index < -0.39 is 6.10 Å². The van der Waals surface area contributed by atoms with E-state index in [-0.39, 0.29) is 5.82 Å². The molecule has 0 aromatic heterocycles. The molecule has 18 heavy (non-hydrogen) atoms. The zero-order valence-electron chi connectivity index (χ0n) is 11.1. The van der Waals surface area contributed by atoms with Crippen molar-refractivity contribution in [3.8, 4) is 0 Å². The molecule has 3 atom stereocenters. The first-order valence-corrected chi connectivity index (χ1v) is 7.14. The fraction of sp³-hybridized carbons (Fsp3) is 0.625. The predicted octanol–water partition coefficient (Wildman–Crippen LogP) is 4.47. The van der Waals surface area contributed by atoms with Crippen molar-refractivity contribution >= 4 is 0 Å². The van der Waals surface area contributed by atoms with Crippen LogP contribution < -0.4 is 0 Å². The fourth-order valence-corrected chi connectivity index (χ4v) is 3.22. The zero-order valence-corrected chi connectivity index (χ0v) is 11.1. The van der Waals surface area contributed by atoms with Gasteiger partial charge in [0.15, 0.2) is 0 Å². The molecule has 2 rings (SSSR count). The number of aliphatic hydroxyl groups excluding tert-OH is 1. The predicted molar refractivity (Wildman–Crippen MR) is 71.7 cm³/mol. The van der Waals surface area contributed by atoms with Crippen LogP contribution in [0.3, 0.4) is 0 Å². The smallest absolute Gasteiger partial charge is 0.123 e. The lowest BCUT2D eigenvalue weighted by Gasteiger charge is -2.32. The van der Waals surface area contributed by atoms with Gasteiger partial charge in [0.1, 0.15) is 5.82 Å². The molecule has 100 valence electrons. The van der Waals surface area contributed by atoms with Gasteiger partial charge in [-0.25, -0.2) is 4.39 Å². The van der Waals surface area contributed by atoms with Crippen LogP contribution >= 0.6 is 0 Å². The highest BCUT2D eigenvalue weighted by Gasteiger charge is 2.27. The van der Waals surface area contributed by atoms with Crippen LogP contribution in [0.2, 0.25) is 0 Å². The van der Waals surface area contributed by atoms with Gasteiger partial charge >= 0.3 is 0 Å². The van der Waals surface area contributed by atoms with E-state index in [1.54, 1.807) is 12.1 Å². The van der Waals surface area contributed by atoms with Crippen molar-refractivity contribution in [1.82, 2.24) is 0 Å². The standard InChI is InChI=1S/C16H23FO/c1-2-4-12-5-3-6-14(11-12)16(18)13-7-9-15(17)10-8-13/h7-10,12,14,16,18H,2-6,11H2,1H3. The van der Waals surface area contributed by atoms with E-state index in [4.69, 9.17) is 0 Å². The summed E-state index contributed by atoms with van der Waals surface area (Å²) in [6.45, 7) is 2.22. The third-order valence-corrected chi connectivity index (χ3v) is 4.18. The normalized spacial score (nSPS) is 25.9. The molecule has 0 aliphatic heterocycles. The van der Waals surface area contributed by atoms with E-state index in [1.807, 2.05) is 0 Å². The third kappa shape index (κ3) is 3.32. The van der Waals surface area contributed by atoms with Crippen LogP contribution in [0.5, 0.6) is 0 Å². The molecule has 0 saturated heterocycles. The molecule has 1 aromatic carbocycles. The van der Waals surface area contributed by atoms with E-state index in [2.05, 4.69) is 6.92 Å². The van der Waals surface area contributed by atoms with Gasteiger partial charge in [0.05, 0.1) is 6.10 Å². The maximum Gasteiger partial charge on any atom is 0.123 e. The van der Waals surface area contributed by atoms with Crippen LogP contribution in [0.4, 0.5) is 4.39 Å². The molecule has 2 heteroatoms. The highest BCUT2D eigenvalue weighted by atomic mass is 19.1. The largest absolute Gasteiger partial charge is 0.388 e. The molecular weight excluding hydrogens is 227 g/mol. The molecular formula is C16H23FO. The first-order chi connectivity index (χ1) is 8.70. The summed E-state index contributed by atoms with van der Waals surface area (Å²) in [5.74, 6) is 0.878. The fourth-order valence-electron chi connectivity index (χ4n) is 3.22. The molecule has 1 aliphatic rings. The molecule has 0 amide bonds. The lowest BCUT2D eigenvalue weighted by Crippen LogP contribution is -2.21. The summed E-state index contributed by atoms with van der Waals surface area (Å²) < 4.78 is 12.9. The molecule has 1 saturated carbocycles. The number of hydrogen-bond donors (Lipinski definition) is 1. The van der Waals surface area contributed by atoms with Gasteiger partial charge in [0.25, 0.3) is 0 Å². The second kappa shape index (κ2) is 6.33. The minimum atomic E-state index is -0.426. The van der Waals surface area contributed by atoms with Crippen LogP contribution in [-0.2, 0) is 0 Å². The van der Waals surface area contributed by atoms with Crippen LogP contribution in [0.25, 0.3) is 0 Å². The Labute approximate surface area is 109 Å². The first-order valence-electron chi connectivity index (χ1n) is 7.14. The quantitative estimate of drug-likeness (QED) is 0.836. The Morgan fingerprint density at radius 1 is 1.28 bits per heavy atom. The molecule has 0 spiro atoms. The van der Waals surface area contributed by atoms with Crippen LogP contribution in [0, 0.1) is 17.7 Å². The van der Waals surface area contributed by atoms with E-state index in [0.29, 0.717) is 5.92 Å². The topological polar surface area (TPSA) is 20.2 Å². The highest BCUT2D eigenvalue weighted by molar-refractivity contribution is 5.19. The average molecular weight is 250 g/mol. The summed E-state index contributed by atoms with van der Waals surface area (Å²) in [6, 6.07) is 6.29. The summed E-state index contributed by atoms with van der Waals surface area (Å²) in [7, 11) is 0. The number of halogens is 1. The summed E-state index contributed by atoms with van der Waals surface area (Å²) >= 11 is 0. The Morgan fingerprint density at radius 2 is 2.00 bits per heavy atom. The van der Waals surface area contributed by atoms with Gasteiger partial charge in [-0.15, -0.1) is 0 Å². The van der Waals surface area contributed by atoms with Crippen molar-refractivity contribution in [1.29, 1.82) is 0 Å². The van der Waals surface area contributed by atoms with Gasteiger partial charge in [-0.1, -0.05) is 44.7 Å². The maximum absolute atomic E-state index is 12.9. The molecule has 3 unspecified atom stereocenters. The highest BCUT2D eigenvalue weighted by Crippen LogP contribution is 2.38. The van der Waals surface area contributed by atoms with Crippen molar-refractivity contribution in [2.75, 3.05) is 0 Å². The van der Waals surface area contributed by atoms with Crippen LogP contribution in [0.15, 0.2) is 24.3 Å². The van der Waals surface area contributed by atoms with E-state index in [1.165, 1.54) is 37.8 Å². The average Bonchev–Trinajstić information content (AvgIpc) is 2.39. The van der Waals surface area contributed by atoms with Gasteiger partial charge in [-0.2, -0.15) is 0 Å². The van der Waals surface area contributed by atoms with Crippen molar-refractivity contribution in [3.63, 3.8) is 0 Å². The lowest BCUT2D eigenvalue weighted by atomic mass is 9.76. The minimum Gasteiger partial charge on any atom is -0.388 e. The summed E-state index contributed by atoms with van der Waals surface area (Å²) in [5.41, 5.74) is 0.860. The molecule has 0 radical (unpaired) electrons. The van der Waals surface area contributed by atoms with Crippen molar-refractivity contribution in [2.45, 2.75) is 51.6 Å². The van der Waals surface area contributed by atoms with Crippen molar-refractivity contribution in [2.24, 2.45) is 11.8 Å². The molecule has 0 heterocycles. The van der Waals surface area contributed by atoms with Crippen molar-refractivity contribution < 1.29 is 9.50 Å². The van der Waals surface area contributed by atoms with Crippen LogP contribution in [-0.4, -0.2) is 5.11 Å². The number of hydrogen-bond acceptors (Lipinski definition) is 1. The Kier molecular flexibility index (Phi) is 4.76. The van der Waals surface area contributed by atoms with E-state index in [9.17, 15) is 9.50 Å². The molecule has 1 nitrogen and oxygen atoms in total. The monoisotopic (exact) mass is 250 g/mol. The number of aliphatic hydroxyl groups is 1. The van der Waals surface area contributed by atoms with E-state index in [0.717, 1.165) is 24.3 Å². The third-order valence-electron chi connectivity index (χ3n) is 4.18. The Hall–Kier alpha value is -0.890. The Bertz CT molecular complexity index is 358. The molecule has 0 bridgehead atoms. The van der Waals surface area contributed by atoms with Gasteiger partial charge in [-0.05, 0) is 42.4 Å². The van der Waals surface area contributed by atoms with Gasteiger partial charge in [-0.3, -0.25) is 0 Å². The Balaban J connectivity index is 1.99. The minimum absolute atomic E-state index is 0.238. The van der Waals surface area contributed by atoms with Crippen LogP contribution in [0.1, 0.15) is 57.1 Å². The first kappa shape index (κ1) is 13.5.